The van der Waals surface area contributed by atoms with Gasteiger partial charge in [0.25, 0.3) is 0 Å². The van der Waals surface area contributed by atoms with Gasteiger partial charge in [-0.25, -0.2) is 13.6 Å². The van der Waals surface area contributed by atoms with Crippen LogP contribution in [0.2, 0.25) is 5.02 Å². The first-order valence-electron chi connectivity index (χ1n) is 7.72. The van der Waals surface area contributed by atoms with Crippen molar-refractivity contribution in [1.82, 2.24) is 4.90 Å². The van der Waals surface area contributed by atoms with Crippen molar-refractivity contribution in [3.63, 3.8) is 0 Å². The molecule has 1 saturated heterocycles. The molecule has 0 spiro atoms. The lowest BCUT2D eigenvalue weighted by Gasteiger charge is -2.28. The summed E-state index contributed by atoms with van der Waals surface area (Å²) >= 11 is 5.45. The van der Waals surface area contributed by atoms with Gasteiger partial charge in [0.1, 0.15) is 34.7 Å². The molecular weight excluding hydrogens is 374 g/mol. The van der Waals surface area contributed by atoms with Gasteiger partial charge in [-0.3, -0.25) is 9.69 Å². The van der Waals surface area contributed by atoms with Crippen molar-refractivity contribution in [2.45, 2.75) is 44.6 Å². The molecule has 10 heteroatoms. The molecule has 0 aromatic heterocycles. The maximum Gasteiger partial charge on any atom is 0.411 e. The minimum absolute atomic E-state index is 0.346. The largest absolute Gasteiger partial charge is 0.444 e. The lowest BCUT2D eigenvalue weighted by Crippen LogP contribution is -2.49. The van der Waals surface area contributed by atoms with Crippen LogP contribution in [0.1, 0.15) is 20.8 Å². The van der Waals surface area contributed by atoms with Crippen LogP contribution >= 0.6 is 11.6 Å². The van der Waals surface area contributed by atoms with Crippen LogP contribution in [0.5, 0.6) is 0 Å². The van der Waals surface area contributed by atoms with Crippen LogP contribution in [0.3, 0.4) is 0 Å². The van der Waals surface area contributed by atoms with E-state index in [1.54, 1.807) is 20.8 Å². The Kier molecular flexibility index (Phi) is 5.74. The summed E-state index contributed by atoms with van der Waals surface area (Å²) in [5.74, 6) is -3.19. The topological polar surface area (TPSA) is 99.1 Å². The van der Waals surface area contributed by atoms with Crippen molar-refractivity contribution in [3.05, 3.63) is 28.8 Å². The summed E-state index contributed by atoms with van der Waals surface area (Å²) in [4.78, 5) is 25.6. The van der Waals surface area contributed by atoms with Gasteiger partial charge in [0.05, 0.1) is 12.2 Å². The van der Waals surface area contributed by atoms with E-state index in [0.717, 1.165) is 17.0 Å². The quantitative estimate of drug-likeness (QED) is 0.668. The van der Waals surface area contributed by atoms with Crippen LogP contribution in [0.4, 0.5) is 19.3 Å². The number of β-amino-alcohol motifs (C(OH)–C–C–N with tert-alkyl or cyclic N) is 1. The highest BCUT2D eigenvalue weighted by Crippen LogP contribution is 2.27. The SMILES string of the molecule is CC(C)(C)OC(=O)N1C[C@H](O)[C@H](O)[C@H]1C(=O)Nc1ccc(F)c(Cl)c1F. The highest BCUT2D eigenvalue weighted by atomic mass is 35.5. The number of carbonyl (C=O) groups excluding carboxylic acids is 2. The van der Waals surface area contributed by atoms with Crippen LogP contribution in [0, 0.1) is 11.6 Å². The minimum Gasteiger partial charge on any atom is -0.444 e. The molecule has 26 heavy (non-hydrogen) atoms. The molecule has 0 saturated carbocycles. The minimum atomic E-state index is -1.61. The Morgan fingerprint density at radius 2 is 1.92 bits per heavy atom. The molecule has 1 aromatic carbocycles. The second-order valence-electron chi connectivity index (χ2n) is 6.85. The first-order chi connectivity index (χ1) is 11.9. The van der Waals surface area contributed by atoms with E-state index in [1.807, 2.05) is 0 Å². The normalized spacial score (nSPS) is 23.1. The van der Waals surface area contributed by atoms with E-state index in [-0.39, 0.29) is 6.54 Å². The van der Waals surface area contributed by atoms with Gasteiger partial charge < -0.3 is 20.3 Å². The zero-order chi connectivity index (χ0) is 19.8. The highest BCUT2D eigenvalue weighted by molar-refractivity contribution is 6.31. The van der Waals surface area contributed by atoms with Gasteiger partial charge >= 0.3 is 6.09 Å². The summed E-state index contributed by atoms with van der Waals surface area (Å²) in [6.45, 7) is 4.48. The Bertz CT molecular complexity index is 725. The van der Waals surface area contributed by atoms with E-state index in [1.165, 1.54) is 0 Å². The molecule has 2 amide bonds. The predicted octanol–water partition coefficient (Wildman–Crippen LogP) is 1.90. The molecule has 1 aliphatic heterocycles. The maximum absolute atomic E-state index is 14.0. The van der Waals surface area contributed by atoms with Crippen LogP contribution in [-0.2, 0) is 9.53 Å². The Balaban J connectivity index is 2.24. The number of hydrogen-bond acceptors (Lipinski definition) is 5. The Hall–Kier alpha value is -1.97. The first-order valence-corrected chi connectivity index (χ1v) is 8.10. The van der Waals surface area contributed by atoms with E-state index in [0.29, 0.717) is 0 Å². The number of aliphatic hydroxyl groups is 2. The number of anilines is 1. The number of amides is 2. The molecule has 1 heterocycles. The third-order valence-electron chi connectivity index (χ3n) is 3.63. The van der Waals surface area contributed by atoms with Gasteiger partial charge in [0.15, 0.2) is 5.82 Å². The van der Waals surface area contributed by atoms with Crippen molar-refractivity contribution in [1.29, 1.82) is 0 Å². The van der Waals surface area contributed by atoms with Crippen molar-refractivity contribution >= 4 is 29.3 Å². The average molecular weight is 393 g/mol. The molecule has 144 valence electrons. The van der Waals surface area contributed by atoms with E-state index >= 15 is 0 Å². The first kappa shape index (κ1) is 20.3. The number of hydrogen-bond donors (Lipinski definition) is 3. The third-order valence-corrected chi connectivity index (χ3v) is 3.97. The third kappa shape index (κ3) is 4.22. The molecule has 0 radical (unpaired) electrons. The molecule has 3 atom stereocenters. The Morgan fingerprint density at radius 3 is 2.50 bits per heavy atom. The number of ether oxygens (including phenoxy) is 1. The van der Waals surface area contributed by atoms with E-state index in [9.17, 15) is 28.6 Å². The number of nitrogens with one attached hydrogen (secondary N) is 1. The van der Waals surface area contributed by atoms with Gasteiger partial charge in [-0.15, -0.1) is 0 Å². The van der Waals surface area contributed by atoms with Gasteiger partial charge in [0.2, 0.25) is 5.91 Å². The van der Waals surface area contributed by atoms with Crippen molar-refractivity contribution in [2.24, 2.45) is 0 Å². The zero-order valence-corrected chi connectivity index (χ0v) is 15.1. The average Bonchev–Trinajstić information content (AvgIpc) is 2.82. The fraction of sp³-hybridized carbons (Fsp3) is 0.500. The van der Waals surface area contributed by atoms with E-state index in [2.05, 4.69) is 5.32 Å². The molecule has 1 fully saturated rings. The van der Waals surface area contributed by atoms with Gasteiger partial charge in [-0.05, 0) is 32.9 Å². The van der Waals surface area contributed by atoms with Crippen LogP contribution in [0.25, 0.3) is 0 Å². The molecular formula is C16H19ClF2N2O5. The lowest BCUT2D eigenvalue weighted by atomic mass is 10.1. The number of benzene rings is 1. The van der Waals surface area contributed by atoms with Crippen molar-refractivity contribution < 1.29 is 33.3 Å². The number of aliphatic hydroxyl groups excluding tert-OH is 2. The molecule has 7 nitrogen and oxygen atoms in total. The number of likely N-dealkylation sites (tertiary alicyclic amines) is 1. The molecule has 0 aliphatic carbocycles. The number of carbonyl (C=O) groups is 2. The fourth-order valence-electron chi connectivity index (χ4n) is 2.45. The maximum atomic E-state index is 14.0. The van der Waals surface area contributed by atoms with Crippen molar-refractivity contribution in [3.8, 4) is 0 Å². The van der Waals surface area contributed by atoms with Gasteiger partial charge in [0, 0.05) is 0 Å². The standard InChI is InChI=1S/C16H19ClF2N2O5/c1-16(2,3)26-15(25)21-6-9(22)13(23)12(21)14(24)20-8-5-4-7(18)10(17)11(8)19/h4-5,9,12-13,22-23H,6H2,1-3H3,(H,20,24)/t9-,12-,13-/m0/s1. The zero-order valence-electron chi connectivity index (χ0n) is 14.3. The van der Waals surface area contributed by atoms with Gasteiger partial charge in [-0.1, -0.05) is 11.6 Å². The summed E-state index contributed by atoms with van der Waals surface area (Å²) in [6.07, 6.45) is -3.92. The number of rotatable bonds is 2. The summed E-state index contributed by atoms with van der Waals surface area (Å²) < 4.78 is 32.3. The van der Waals surface area contributed by atoms with Crippen LogP contribution in [0.15, 0.2) is 12.1 Å². The summed E-state index contributed by atoms with van der Waals surface area (Å²) in [6, 6.07) is 0.277. The predicted molar refractivity (Wildman–Crippen MR) is 88.7 cm³/mol. The second-order valence-corrected chi connectivity index (χ2v) is 7.23. The second kappa shape index (κ2) is 7.34. The monoisotopic (exact) mass is 392 g/mol. The smallest absolute Gasteiger partial charge is 0.411 e. The number of halogens is 3. The highest BCUT2D eigenvalue weighted by Gasteiger charge is 2.48. The molecule has 1 aliphatic rings. The van der Waals surface area contributed by atoms with Crippen molar-refractivity contribution in [2.75, 3.05) is 11.9 Å². The molecule has 1 aromatic rings. The Labute approximate surface area is 153 Å². The van der Waals surface area contributed by atoms with Crippen LogP contribution < -0.4 is 5.32 Å². The fourth-order valence-corrected chi connectivity index (χ4v) is 2.62. The summed E-state index contributed by atoms with van der Waals surface area (Å²) in [5, 5.41) is 21.2. The summed E-state index contributed by atoms with van der Waals surface area (Å²) in [5.41, 5.74) is -1.30. The molecule has 2 rings (SSSR count). The van der Waals surface area contributed by atoms with E-state index < -0.39 is 58.2 Å². The lowest BCUT2D eigenvalue weighted by molar-refractivity contribution is -0.123. The van der Waals surface area contributed by atoms with E-state index in [4.69, 9.17) is 16.3 Å². The molecule has 0 bridgehead atoms. The van der Waals surface area contributed by atoms with Gasteiger partial charge in [-0.2, -0.15) is 0 Å². The molecule has 3 N–H and O–H groups in total. The Morgan fingerprint density at radius 1 is 1.31 bits per heavy atom. The molecule has 0 unspecified atom stereocenters. The number of nitrogens with zero attached hydrogens (tertiary/aromatic N) is 1. The summed E-state index contributed by atoms with van der Waals surface area (Å²) in [7, 11) is 0. The van der Waals surface area contributed by atoms with Crippen LogP contribution in [-0.4, -0.2) is 57.5 Å².